The van der Waals surface area contributed by atoms with E-state index in [1.165, 1.54) is 17.9 Å². The van der Waals surface area contributed by atoms with Gasteiger partial charge in [0.1, 0.15) is 5.69 Å². The van der Waals surface area contributed by atoms with Crippen LogP contribution in [-0.4, -0.2) is 23.0 Å². The Morgan fingerprint density at radius 3 is 2.38 bits per heavy atom. The van der Waals surface area contributed by atoms with Crippen molar-refractivity contribution >= 4 is 21.5 Å². The molecule has 0 radical (unpaired) electrons. The number of hydrogen-bond acceptors (Lipinski definition) is 5. The molecule has 114 valence electrons. The first-order valence-corrected chi connectivity index (χ1v) is 6.92. The van der Waals surface area contributed by atoms with Gasteiger partial charge in [-0.1, -0.05) is 0 Å². The molecule has 0 fully saturated rings. The first-order valence-electron chi connectivity index (χ1n) is 5.44. The molecule has 2 heterocycles. The van der Waals surface area contributed by atoms with E-state index in [-0.39, 0.29) is 16.5 Å². The Balaban J connectivity index is 2.30. The molecule has 0 unspecified atom stereocenters. The monoisotopic (exact) mass is 321 g/mol. The van der Waals surface area contributed by atoms with E-state index in [9.17, 15) is 21.6 Å². The van der Waals surface area contributed by atoms with E-state index in [2.05, 4.69) is 14.7 Å². The lowest BCUT2D eigenvalue weighted by Crippen LogP contribution is -2.18. The van der Waals surface area contributed by atoms with Crippen LogP contribution in [0.15, 0.2) is 29.7 Å². The molecule has 3 N–H and O–H groups in total. The molecule has 7 nitrogen and oxygen atoms in total. The van der Waals surface area contributed by atoms with Crippen molar-refractivity contribution < 1.29 is 21.6 Å². The van der Waals surface area contributed by atoms with Gasteiger partial charge in [-0.2, -0.15) is 21.6 Å². The maximum absolute atomic E-state index is 12.4. The molecule has 0 aliphatic heterocycles. The number of alkyl halides is 3. The molecule has 0 aromatic carbocycles. The second-order valence-corrected chi connectivity index (χ2v) is 5.68. The van der Waals surface area contributed by atoms with Crippen LogP contribution in [0.5, 0.6) is 0 Å². The zero-order chi connectivity index (χ0) is 15.8. The van der Waals surface area contributed by atoms with Gasteiger partial charge in [0.2, 0.25) is 0 Å². The summed E-state index contributed by atoms with van der Waals surface area (Å²) in [6, 6.07) is 1.63. The molecule has 0 atom stereocenters. The van der Waals surface area contributed by atoms with Gasteiger partial charge in [0.05, 0.1) is 18.2 Å². The van der Waals surface area contributed by atoms with Gasteiger partial charge < -0.3 is 10.3 Å². The van der Waals surface area contributed by atoms with Gasteiger partial charge in [0.25, 0.3) is 10.0 Å². The number of pyridine rings is 1. The van der Waals surface area contributed by atoms with Gasteiger partial charge in [0.15, 0.2) is 10.8 Å². The van der Waals surface area contributed by atoms with Gasteiger partial charge in [0, 0.05) is 7.05 Å². The van der Waals surface area contributed by atoms with Crippen molar-refractivity contribution in [2.24, 2.45) is 7.05 Å². The van der Waals surface area contributed by atoms with Crippen molar-refractivity contribution in [1.29, 1.82) is 0 Å². The third-order valence-corrected chi connectivity index (χ3v) is 3.98. The van der Waals surface area contributed by atoms with E-state index in [4.69, 9.17) is 5.73 Å². The van der Waals surface area contributed by atoms with Crippen molar-refractivity contribution in [2.75, 3.05) is 10.5 Å². The average Bonchev–Trinajstić information content (AvgIpc) is 2.68. The second-order valence-electron chi connectivity index (χ2n) is 4.08. The second kappa shape index (κ2) is 4.91. The van der Waals surface area contributed by atoms with Crippen LogP contribution in [0.25, 0.3) is 0 Å². The lowest BCUT2D eigenvalue weighted by atomic mass is 10.3. The summed E-state index contributed by atoms with van der Waals surface area (Å²) in [7, 11) is -2.66. The quantitative estimate of drug-likeness (QED) is 0.884. The molecular formula is C10H10F3N5O2S. The smallest absolute Gasteiger partial charge is 0.381 e. The minimum Gasteiger partial charge on any atom is -0.381 e. The lowest BCUT2D eigenvalue weighted by Gasteiger charge is -2.10. The summed E-state index contributed by atoms with van der Waals surface area (Å²) in [5.74, 6) is -0.218. The highest BCUT2D eigenvalue weighted by Crippen LogP contribution is 2.28. The van der Waals surface area contributed by atoms with E-state index in [0.717, 1.165) is 12.3 Å². The van der Waals surface area contributed by atoms with Crippen LogP contribution in [0.2, 0.25) is 0 Å². The Morgan fingerprint density at radius 2 is 1.95 bits per heavy atom. The minimum atomic E-state index is -4.59. The molecule has 2 rings (SSSR count). The van der Waals surface area contributed by atoms with Crippen molar-refractivity contribution in [3.05, 3.63) is 30.4 Å². The maximum Gasteiger partial charge on any atom is 0.433 e. The molecule has 0 amide bonds. The average molecular weight is 321 g/mol. The van der Waals surface area contributed by atoms with Gasteiger partial charge >= 0.3 is 6.18 Å². The molecular weight excluding hydrogens is 311 g/mol. The maximum atomic E-state index is 12.4. The van der Waals surface area contributed by atoms with Gasteiger partial charge in [-0.15, -0.1) is 0 Å². The number of nitrogens with zero attached hydrogens (tertiary/aromatic N) is 3. The molecule has 0 spiro atoms. The fraction of sp³-hybridized carbons (Fsp3) is 0.200. The van der Waals surface area contributed by atoms with Gasteiger partial charge in [-0.05, 0) is 12.1 Å². The third-order valence-electron chi connectivity index (χ3n) is 2.47. The summed E-state index contributed by atoms with van der Waals surface area (Å²) in [5, 5.41) is -0.289. The third kappa shape index (κ3) is 3.07. The van der Waals surface area contributed by atoms with Crippen LogP contribution < -0.4 is 10.5 Å². The summed E-state index contributed by atoms with van der Waals surface area (Å²) in [6.07, 6.45) is -2.62. The molecule has 2 aromatic heterocycles. The largest absolute Gasteiger partial charge is 0.433 e. The van der Waals surface area contributed by atoms with E-state index in [1.807, 2.05) is 0 Å². The molecule has 0 bridgehead atoms. The predicted molar refractivity (Wildman–Crippen MR) is 67.7 cm³/mol. The highest BCUT2D eigenvalue weighted by Gasteiger charge is 2.32. The molecule has 21 heavy (non-hydrogen) atoms. The molecule has 0 saturated heterocycles. The molecule has 2 aromatic rings. The topological polar surface area (TPSA) is 103 Å². The van der Waals surface area contributed by atoms with E-state index in [1.54, 1.807) is 0 Å². The number of hydrogen-bond donors (Lipinski definition) is 2. The summed E-state index contributed by atoms with van der Waals surface area (Å²) in [5.41, 5.74) is 4.21. The highest BCUT2D eigenvalue weighted by atomic mass is 32.2. The van der Waals surface area contributed by atoms with Gasteiger partial charge in [-0.3, -0.25) is 4.72 Å². The molecule has 11 heteroatoms. The number of aromatic nitrogens is 3. The van der Waals surface area contributed by atoms with E-state index >= 15 is 0 Å². The Hall–Kier alpha value is -2.30. The molecule has 0 saturated carbocycles. The van der Waals surface area contributed by atoms with Crippen LogP contribution >= 0.6 is 0 Å². The van der Waals surface area contributed by atoms with Crippen molar-refractivity contribution in [2.45, 2.75) is 11.2 Å². The number of halogens is 3. The van der Waals surface area contributed by atoms with E-state index in [0.29, 0.717) is 6.07 Å². The molecule has 0 aliphatic rings. The number of anilines is 2. The van der Waals surface area contributed by atoms with Crippen LogP contribution in [0.1, 0.15) is 5.69 Å². The van der Waals surface area contributed by atoms with Crippen molar-refractivity contribution in [3.8, 4) is 0 Å². The zero-order valence-corrected chi connectivity index (χ0v) is 11.4. The standard InChI is InChI=1S/C10H10F3N5O2S/c1-18-5-16-8(14)9(18)21(19,20)17-6-2-3-7(15-4-6)10(11,12)13/h2-5,17H,14H2,1H3. The van der Waals surface area contributed by atoms with Crippen LogP contribution in [-0.2, 0) is 23.2 Å². The number of aryl methyl sites for hydroxylation is 1. The Morgan fingerprint density at radius 1 is 1.29 bits per heavy atom. The predicted octanol–water partition coefficient (Wildman–Crippen LogP) is 1.22. The number of sulfonamides is 1. The van der Waals surface area contributed by atoms with Gasteiger partial charge in [-0.25, -0.2) is 9.97 Å². The first-order chi connectivity index (χ1) is 9.61. The van der Waals surface area contributed by atoms with Crippen molar-refractivity contribution in [3.63, 3.8) is 0 Å². The van der Waals surface area contributed by atoms with E-state index < -0.39 is 21.9 Å². The summed E-state index contributed by atoms with van der Waals surface area (Å²) in [4.78, 5) is 6.78. The van der Waals surface area contributed by atoms with Crippen LogP contribution in [0.4, 0.5) is 24.7 Å². The summed E-state index contributed by atoms with van der Waals surface area (Å²) in [6.45, 7) is 0. The number of nitrogen functional groups attached to an aromatic ring is 1. The Bertz CT molecular complexity index is 732. The van der Waals surface area contributed by atoms with Crippen molar-refractivity contribution in [1.82, 2.24) is 14.5 Å². The first kappa shape index (κ1) is 15.1. The number of nitrogens with one attached hydrogen (secondary N) is 1. The Kier molecular flexibility index (Phi) is 3.53. The SMILES string of the molecule is Cn1cnc(N)c1S(=O)(=O)Nc1ccc(C(F)(F)F)nc1. The normalized spacial score (nSPS) is 12.4. The number of nitrogens with two attached hydrogens (primary N) is 1. The number of imidazole rings is 1. The molecule has 0 aliphatic carbocycles. The fourth-order valence-electron chi connectivity index (χ4n) is 1.59. The number of rotatable bonds is 3. The summed E-state index contributed by atoms with van der Waals surface area (Å²) >= 11 is 0. The summed E-state index contributed by atoms with van der Waals surface area (Å²) < 4.78 is 64.5. The zero-order valence-electron chi connectivity index (χ0n) is 10.6. The lowest BCUT2D eigenvalue weighted by molar-refractivity contribution is -0.141. The van der Waals surface area contributed by atoms with Crippen LogP contribution in [0.3, 0.4) is 0 Å². The fourth-order valence-corrected chi connectivity index (χ4v) is 2.87. The minimum absolute atomic E-state index is 0.122. The highest BCUT2D eigenvalue weighted by molar-refractivity contribution is 7.92. The van der Waals surface area contributed by atoms with Crippen LogP contribution in [0, 0.1) is 0 Å². The Labute approximate surface area is 117 Å².